The minimum absolute atomic E-state index is 0.227. The van der Waals surface area contributed by atoms with E-state index in [4.69, 9.17) is 4.98 Å². The summed E-state index contributed by atoms with van der Waals surface area (Å²) in [6, 6.07) is 10.3. The highest BCUT2D eigenvalue weighted by molar-refractivity contribution is 5.81. The zero-order valence-corrected chi connectivity index (χ0v) is 15.6. The van der Waals surface area contributed by atoms with Crippen molar-refractivity contribution in [3.8, 4) is 11.4 Å². The van der Waals surface area contributed by atoms with E-state index in [0.29, 0.717) is 0 Å². The first-order valence-electron chi connectivity index (χ1n) is 9.04. The van der Waals surface area contributed by atoms with Crippen LogP contribution in [0.1, 0.15) is 50.8 Å². The Bertz CT molecular complexity index is 764. The molecule has 2 aromatic rings. The van der Waals surface area contributed by atoms with Crippen molar-refractivity contribution < 1.29 is 4.79 Å². The van der Waals surface area contributed by atoms with Crippen LogP contribution < -0.4 is 0 Å². The number of carbonyl (C=O) groups is 1. The maximum atomic E-state index is 12.6. The molecule has 1 amide bonds. The fraction of sp³-hybridized carbons (Fsp3) is 0.476. The van der Waals surface area contributed by atoms with Gasteiger partial charge in [0.25, 0.3) is 0 Å². The number of hydrogen-bond acceptors (Lipinski definition) is 3. The molecule has 132 valence electrons. The minimum atomic E-state index is -0.333. The zero-order valence-electron chi connectivity index (χ0n) is 15.6. The van der Waals surface area contributed by atoms with Gasteiger partial charge in [-0.25, -0.2) is 9.97 Å². The lowest BCUT2D eigenvalue weighted by Crippen LogP contribution is -2.44. The normalized spacial score (nSPS) is 18.2. The van der Waals surface area contributed by atoms with E-state index in [1.165, 1.54) is 5.56 Å². The molecule has 0 spiro atoms. The van der Waals surface area contributed by atoms with Gasteiger partial charge in [0.05, 0.1) is 0 Å². The monoisotopic (exact) mass is 337 g/mol. The highest BCUT2D eigenvalue weighted by Crippen LogP contribution is 2.29. The van der Waals surface area contributed by atoms with Crippen molar-refractivity contribution in [2.75, 3.05) is 13.1 Å². The summed E-state index contributed by atoms with van der Waals surface area (Å²) in [5.74, 6) is 1.28. The van der Waals surface area contributed by atoms with Crippen LogP contribution in [-0.2, 0) is 4.79 Å². The quantitative estimate of drug-likeness (QED) is 0.825. The smallest absolute Gasteiger partial charge is 0.227 e. The molecule has 0 saturated carbocycles. The van der Waals surface area contributed by atoms with E-state index in [2.05, 4.69) is 24.0 Å². The third-order valence-corrected chi connectivity index (χ3v) is 4.72. The van der Waals surface area contributed by atoms with Crippen LogP contribution in [0.3, 0.4) is 0 Å². The Morgan fingerprint density at radius 1 is 1.24 bits per heavy atom. The van der Waals surface area contributed by atoms with E-state index >= 15 is 0 Å². The second-order valence-corrected chi connectivity index (χ2v) is 8.01. The molecule has 1 atom stereocenters. The number of carbonyl (C=O) groups excluding carboxylic acids is 1. The third-order valence-electron chi connectivity index (χ3n) is 4.72. The largest absolute Gasteiger partial charge is 0.342 e. The Morgan fingerprint density at radius 2 is 2.04 bits per heavy atom. The van der Waals surface area contributed by atoms with Gasteiger partial charge in [0, 0.05) is 41.9 Å². The van der Waals surface area contributed by atoms with Crippen LogP contribution in [0.15, 0.2) is 36.5 Å². The molecule has 0 radical (unpaired) electrons. The molecule has 1 aromatic heterocycles. The van der Waals surface area contributed by atoms with Crippen molar-refractivity contribution in [3.63, 3.8) is 0 Å². The molecule has 1 aromatic carbocycles. The molecule has 1 fully saturated rings. The molecule has 3 rings (SSSR count). The standard InChI is InChI=1S/C21H27N3O/c1-15-7-5-8-16(13-15)19-22-11-10-18(23-19)17-9-6-12-24(14-17)20(25)21(2,3)4/h5,7-8,10-11,13,17H,6,9,12,14H2,1-4H3. The van der Waals surface area contributed by atoms with Crippen LogP contribution in [0.25, 0.3) is 11.4 Å². The van der Waals surface area contributed by atoms with Crippen molar-refractivity contribution in [2.45, 2.75) is 46.5 Å². The van der Waals surface area contributed by atoms with E-state index in [0.717, 1.165) is 43.0 Å². The summed E-state index contributed by atoms with van der Waals surface area (Å²) in [7, 11) is 0. The maximum Gasteiger partial charge on any atom is 0.227 e. The van der Waals surface area contributed by atoms with Gasteiger partial charge >= 0.3 is 0 Å². The van der Waals surface area contributed by atoms with Crippen molar-refractivity contribution >= 4 is 5.91 Å². The number of likely N-dealkylation sites (tertiary alicyclic amines) is 1. The second-order valence-electron chi connectivity index (χ2n) is 8.01. The molecule has 4 heteroatoms. The third kappa shape index (κ3) is 4.06. The van der Waals surface area contributed by atoms with Crippen LogP contribution in [0, 0.1) is 12.3 Å². The van der Waals surface area contributed by atoms with Crippen LogP contribution in [0.2, 0.25) is 0 Å². The van der Waals surface area contributed by atoms with E-state index in [1.807, 2.05) is 50.1 Å². The number of piperidine rings is 1. The average Bonchev–Trinajstić information content (AvgIpc) is 2.60. The maximum absolute atomic E-state index is 12.6. The summed E-state index contributed by atoms with van der Waals surface area (Å²) in [6.45, 7) is 9.63. The number of amides is 1. The van der Waals surface area contributed by atoms with Crippen LogP contribution in [0.5, 0.6) is 0 Å². The van der Waals surface area contributed by atoms with E-state index < -0.39 is 0 Å². The van der Waals surface area contributed by atoms with Crippen LogP contribution in [0.4, 0.5) is 0 Å². The molecule has 0 N–H and O–H groups in total. The van der Waals surface area contributed by atoms with Gasteiger partial charge in [-0.1, -0.05) is 44.5 Å². The van der Waals surface area contributed by atoms with Gasteiger partial charge in [-0.3, -0.25) is 4.79 Å². The van der Waals surface area contributed by atoms with E-state index in [9.17, 15) is 4.79 Å². The lowest BCUT2D eigenvalue weighted by molar-refractivity contribution is -0.140. The fourth-order valence-electron chi connectivity index (χ4n) is 3.40. The van der Waals surface area contributed by atoms with Crippen LogP contribution >= 0.6 is 0 Å². The Balaban J connectivity index is 1.82. The molecule has 1 unspecified atom stereocenters. The van der Waals surface area contributed by atoms with Gasteiger partial charge in [0.2, 0.25) is 5.91 Å². The molecule has 1 saturated heterocycles. The average molecular weight is 337 g/mol. The number of benzene rings is 1. The fourth-order valence-corrected chi connectivity index (χ4v) is 3.40. The first kappa shape index (κ1) is 17.6. The van der Waals surface area contributed by atoms with Crippen molar-refractivity contribution in [2.24, 2.45) is 5.41 Å². The van der Waals surface area contributed by atoms with E-state index in [1.54, 1.807) is 0 Å². The Hall–Kier alpha value is -2.23. The zero-order chi connectivity index (χ0) is 18.0. The molecule has 0 bridgehead atoms. The lowest BCUT2D eigenvalue weighted by Gasteiger charge is -2.36. The molecular weight excluding hydrogens is 310 g/mol. The van der Waals surface area contributed by atoms with Gasteiger partial charge in [-0.2, -0.15) is 0 Å². The van der Waals surface area contributed by atoms with Crippen molar-refractivity contribution in [1.82, 2.24) is 14.9 Å². The first-order valence-corrected chi connectivity index (χ1v) is 9.04. The molecular formula is C21H27N3O. The van der Waals surface area contributed by atoms with Gasteiger partial charge in [-0.05, 0) is 31.9 Å². The molecule has 2 heterocycles. The number of rotatable bonds is 2. The summed E-state index contributed by atoms with van der Waals surface area (Å²) in [4.78, 5) is 23.9. The first-order chi connectivity index (χ1) is 11.8. The van der Waals surface area contributed by atoms with E-state index in [-0.39, 0.29) is 17.2 Å². The van der Waals surface area contributed by atoms with Crippen molar-refractivity contribution in [3.05, 3.63) is 47.8 Å². The molecule has 25 heavy (non-hydrogen) atoms. The highest BCUT2D eigenvalue weighted by atomic mass is 16.2. The molecule has 1 aliphatic heterocycles. The van der Waals surface area contributed by atoms with Gasteiger partial charge in [0.15, 0.2) is 5.82 Å². The minimum Gasteiger partial charge on any atom is -0.342 e. The number of aromatic nitrogens is 2. The predicted octanol–water partition coefficient (Wildman–Crippen LogP) is 4.20. The summed E-state index contributed by atoms with van der Waals surface area (Å²) >= 11 is 0. The molecule has 0 aliphatic carbocycles. The Morgan fingerprint density at radius 3 is 2.76 bits per heavy atom. The lowest BCUT2D eigenvalue weighted by atomic mass is 9.90. The summed E-state index contributed by atoms with van der Waals surface area (Å²) in [6.07, 6.45) is 3.93. The topological polar surface area (TPSA) is 46.1 Å². The van der Waals surface area contributed by atoms with Crippen LogP contribution in [-0.4, -0.2) is 33.9 Å². The highest BCUT2D eigenvalue weighted by Gasteiger charge is 2.32. The van der Waals surface area contributed by atoms with Gasteiger partial charge in [0.1, 0.15) is 0 Å². The number of hydrogen-bond donors (Lipinski definition) is 0. The Labute approximate surface area is 150 Å². The Kier molecular flexibility index (Phi) is 4.89. The summed E-state index contributed by atoms with van der Waals surface area (Å²) < 4.78 is 0. The van der Waals surface area contributed by atoms with Gasteiger partial charge in [-0.15, -0.1) is 0 Å². The van der Waals surface area contributed by atoms with Gasteiger partial charge < -0.3 is 4.90 Å². The summed E-state index contributed by atoms with van der Waals surface area (Å²) in [5, 5.41) is 0. The molecule has 4 nitrogen and oxygen atoms in total. The number of nitrogens with zero attached hydrogens (tertiary/aromatic N) is 3. The SMILES string of the molecule is Cc1cccc(-c2nccc(C3CCCN(C(=O)C(C)(C)C)C3)n2)c1. The molecule has 1 aliphatic rings. The van der Waals surface area contributed by atoms with Crippen molar-refractivity contribution in [1.29, 1.82) is 0 Å². The number of aryl methyl sites for hydroxylation is 1. The second kappa shape index (κ2) is 6.95. The summed E-state index contributed by atoms with van der Waals surface area (Å²) in [5.41, 5.74) is 2.95. The predicted molar refractivity (Wildman–Crippen MR) is 100 cm³/mol.